The van der Waals surface area contributed by atoms with Crippen LogP contribution in [0.25, 0.3) is 0 Å². The summed E-state index contributed by atoms with van der Waals surface area (Å²) in [4.78, 5) is 0. The third-order valence-electron chi connectivity index (χ3n) is 6.95. The lowest BCUT2D eigenvalue weighted by atomic mass is 9.75. The number of ether oxygens (including phenoxy) is 2. The lowest BCUT2D eigenvalue weighted by Crippen LogP contribution is -2.38. The fourth-order valence-electron chi connectivity index (χ4n) is 5.60. The summed E-state index contributed by atoms with van der Waals surface area (Å²) in [5, 5.41) is 0. The van der Waals surface area contributed by atoms with E-state index in [4.69, 9.17) is 9.47 Å². The Labute approximate surface area is 130 Å². The summed E-state index contributed by atoms with van der Waals surface area (Å²) >= 11 is 0. The normalized spacial score (nSPS) is 43.4. The van der Waals surface area contributed by atoms with Gasteiger partial charge in [-0.1, -0.05) is 25.7 Å². The Bertz CT molecular complexity index is 341. The molecule has 4 rings (SSSR count). The van der Waals surface area contributed by atoms with Crippen LogP contribution in [0, 0.1) is 5.92 Å². The molecule has 2 aliphatic heterocycles. The van der Waals surface area contributed by atoms with Crippen LogP contribution in [0.4, 0.5) is 0 Å². The van der Waals surface area contributed by atoms with Crippen molar-refractivity contribution in [3.8, 4) is 0 Å². The van der Waals surface area contributed by atoms with Crippen LogP contribution in [0.5, 0.6) is 0 Å². The highest BCUT2D eigenvalue weighted by molar-refractivity contribution is 4.96. The predicted molar refractivity (Wildman–Crippen MR) is 84.4 cm³/mol. The van der Waals surface area contributed by atoms with Crippen LogP contribution < -0.4 is 0 Å². The molecule has 0 radical (unpaired) electrons. The van der Waals surface area contributed by atoms with Gasteiger partial charge < -0.3 is 9.47 Å². The van der Waals surface area contributed by atoms with Gasteiger partial charge in [0.15, 0.2) is 0 Å². The Morgan fingerprint density at radius 1 is 0.619 bits per heavy atom. The van der Waals surface area contributed by atoms with Crippen molar-refractivity contribution in [3.63, 3.8) is 0 Å². The monoisotopic (exact) mass is 292 g/mol. The topological polar surface area (TPSA) is 18.5 Å². The van der Waals surface area contributed by atoms with Crippen molar-refractivity contribution in [3.05, 3.63) is 0 Å². The first-order valence-electron chi connectivity index (χ1n) is 9.61. The van der Waals surface area contributed by atoms with Gasteiger partial charge in [0.2, 0.25) is 0 Å². The van der Waals surface area contributed by atoms with Crippen LogP contribution in [-0.4, -0.2) is 23.9 Å². The molecule has 120 valence electrons. The minimum absolute atomic E-state index is 0.287. The smallest absolute Gasteiger partial charge is 0.0687 e. The fourth-order valence-corrected chi connectivity index (χ4v) is 5.60. The average molecular weight is 292 g/mol. The Morgan fingerprint density at radius 2 is 1.29 bits per heavy atom. The molecule has 2 nitrogen and oxygen atoms in total. The van der Waals surface area contributed by atoms with E-state index in [1.165, 1.54) is 89.9 Å². The molecule has 1 unspecified atom stereocenters. The van der Waals surface area contributed by atoms with Gasteiger partial charge in [-0.15, -0.1) is 0 Å². The van der Waals surface area contributed by atoms with E-state index in [9.17, 15) is 0 Å². The molecule has 0 amide bonds. The van der Waals surface area contributed by atoms with Crippen molar-refractivity contribution in [2.45, 2.75) is 107 Å². The summed E-state index contributed by atoms with van der Waals surface area (Å²) in [7, 11) is 0. The molecule has 4 fully saturated rings. The number of hydrogen-bond donors (Lipinski definition) is 0. The molecule has 2 aliphatic carbocycles. The number of rotatable bonds is 1. The van der Waals surface area contributed by atoms with E-state index in [0.717, 1.165) is 12.5 Å². The van der Waals surface area contributed by atoms with E-state index in [1.807, 2.05) is 0 Å². The van der Waals surface area contributed by atoms with Crippen molar-refractivity contribution < 1.29 is 9.47 Å². The molecule has 2 saturated heterocycles. The van der Waals surface area contributed by atoms with E-state index in [0.29, 0.717) is 11.7 Å². The van der Waals surface area contributed by atoms with Crippen LogP contribution >= 0.6 is 0 Å². The Morgan fingerprint density at radius 3 is 1.95 bits per heavy atom. The molecule has 2 heteroatoms. The quantitative estimate of drug-likeness (QED) is 0.677. The average Bonchev–Trinajstić information content (AvgIpc) is 3.05. The third-order valence-corrected chi connectivity index (χ3v) is 6.95. The minimum atomic E-state index is 0.287. The molecule has 1 atom stereocenters. The van der Waals surface area contributed by atoms with E-state index >= 15 is 0 Å². The maximum Gasteiger partial charge on any atom is 0.0687 e. The highest BCUT2D eigenvalue weighted by Crippen LogP contribution is 2.48. The molecule has 0 aromatic carbocycles. The van der Waals surface area contributed by atoms with Crippen molar-refractivity contribution in [2.24, 2.45) is 5.92 Å². The van der Waals surface area contributed by atoms with Crippen LogP contribution in [0.2, 0.25) is 0 Å². The summed E-state index contributed by atoms with van der Waals surface area (Å²) in [5.74, 6) is 0.822. The number of hydrogen-bond acceptors (Lipinski definition) is 2. The van der Waals surface area contributed by atoms with Gasteiger partial charge in [0.25, 0.3) is 0 Å². The van der Waals surface area contributed by atoms with Gasteiger partial charge in [-0.25, -0.2) is 0 Å². The lowest BCUT2D eigenvalue weighted by molar-refractivity contribution is -0.0956. The largest absolute Gasteiger partial charge is 0.375 e. The van der Waals surface area contributed by atoms with Gasteiger partial charge in [0.1, 0.15) is 0 Å². The third kappa shape index (κ3) is 2.91. The van der Waals surface area contributed by atoms with Crippen LogP contribution in [0.15, 0.2) is 0 Å². The first kappa shape index (κ1) is 14.5. The summed E-state index contributed by atoms with van der Waals surface area (Å²) in [6, 6.07) is 0. The van der Waals surface area contributed by atoms with Crippen molar-refractivity contribution >= 4 is 0 Å². The van der Waals surface area contributed by atoms with Crippen LogP contribution in [0.1, 0.15) is 89.9 Å². The van der Waals surface area contributed by atoms with E-state index in [-0.39, 0.29) is 5.60 Å². The second-order valence-corrected chi connectivity index (χ2v) is 8.26. The predicted octanol–water partition coefficient (Wildman–Crippen LogP) is 5.00. The Hall–Kier alpha value is -0.0800. The summed E-state index contributed by atoms with van der Waals surface area (Å²) < 4.78 is 12.8. The molecule has 21 heavy (non-hydrogen) atoms. The summed E-state index contributed by atoms with van der Waals surface area (Å²) in [6.45, 7) is 1.01. The zero-order chi connectivity index (χ0) is 14.2. The van der Waals surface area contributed by atoms with Gasteiger partial charge in [0, 0.05) is 6.61 Å². The van der Waals surface area contributed by atoms with Crippen LogP contribution in [-0.2, 0) is 9.47 Å². The molecule has 2 saturated carbocycles. The molecule has 0 bridgehead atoms. The molecule has 2 spiro atoms. The van der Waals surface area contributed by atoms with Crippen molar-refractivity contribution in [1.29, 1.82) is 0 Å². The van der Waals surface area contributed by atoms with Gasteiger partial charge >= 0.3 is 0 Å². The van der Waals surface area contributed by atoms with E-state index in [2.05, 4.69) is 0 Å². The molecule has 2 heterocycles. The second kappa shape index (κ2) is 5.85. The highest BCUT2D eigenvalue weighted by atomic mass is 16.5. The van der Waals surface area contributed by atoms with Gasteiger partial charge in [-0.3, -0.25) is 0 Å². The van der Waals surface area contributed by atoms with Gasteiger partial charge in [-0.2, -0.15) is 0 Å². The lowest BCUT2D eigenvalue weighted by Gasteiger charge is -2.39. The Balaban J connectivity index is 1.34. The molecule has 0 aromatic heterocycles. The van der Waals surface area contributed by atoms with Gasteiger partial charge in [-0.05, 0) is 70.1 Å². The maximum atomic E-state index is 6.72. The standard InChI is InChI=1S/C19H32O2/c1-2-4-10-19(9-3-1)14-8-17(21-19)16-6-12-18(13-7-16)11-5-15-20-18/h16-17H,1-15H2. The second-order valence-electron chi connectivity index (χ2n) is 8.26. The molecule has 0 aromatic rings. The molecule has 4 aliphatic rings. The summed E-state index contributed by atoms with van der Waals surface area (Å²) in [6.07, 6.45) is 19.5. The van der Waals surface area contributed by atoms with E-state index < -0.39 is 0 Å². The van der Waals surface area contributed by atoms with Gasteiger partial charge in [0.05, 0.1) is 17.3 Å². The zero-order valence-corrected chi connectivity index (χ0v) is 13.6. The van der Waals surface area contributed by atoms with E-state index in [1.54, 1.807) is 0 Å². The zero-order valence-electron chi connectivity index (χ0n) is 13.6. The summed E-state index contributed by atoms with van der Waals surface area (Å²) in [5.41, 5.74) is 0.579. The van der Waals surface area contributed by atoms with Crippen molar-refractivity contribution in [1.82, 2.24) is 0 Å². The minimum Gasteiger partial charge on any atom is -0.375 e. The van der Waals surface area contributed by atoms with Crippen LogP contribution in [0.3, 0.4) is 0 Å². The molecule has 0 N–H and O–H groups in total. The maximum absolute atomic E-state index is 6.72. The van der Waals surface area contributed by atoms with Crippen molar-refractivity contribution in [2.75, 3.05) is 6.61 Å². The first-order chi connectivity index (χ1) is 10.3. The SMILES string of the molecule is C1CCCC2(CC1)CCC(C1CCC3(CCCO3)CC1)O2. The fraction of sp³-hybridized carbons (Fsp3) is 1.00. The molecular weight excluding hydrogens is 260 g/mol. The first-order valence-corrected chi connectivity index (χ1v) is 9.61. The highest BCUT2D eigenvalue weighted by Gasteiger charge is 2.46. The molecular formula is C19H32O2. The Kier molecular flexibility index (Phi) is 4.04.